The van der Waals surface area contributed by atoms with Gasteiger partial charge in [-0.25, -0.2) is 0 Å². The summed E-state index contributed by atoms with van der Waals surface area (Å²) in [5.74, 6) is 0.610. The summed E-state index contributed by atoms with van der Waals surface area (Å²) in [5.41, 5.74) is 2.74. The second kappa shape index (κ2) is 8.03. The maximum absolute atomic E-state index is 10.2. The maximum Gasteiger partial charge on any atom is 0.166 e. The molecule has 0 aliphatic carbocycles. The van der Waals surface area contributed by atoms with Crippen molar-refractivity contribution in [2.75, 3.05) is 44.7 Å². The Bertz CT molecular complexity index is 720. The number of phenolic OH excluding ortho intramolecular Hbond substituents is 1. The van der Waals surface area contributed by atoms with E-state index in [4.69, 9.17) is 4.74 Å². The van der Waals surface area contributed by atoms with Crippen molar-refractivity contribution in [1.82, 2.24) is 4.90 Å². The van der Waals surface area contributed by atoms with E-state index in [1.54, 1.807) is 12.3 Å². The predicted octanol–water partition coefficient (Wildman–Crippen LogP) is 3.29. The standard InChI is InChI=1S/C20H25N3O2/c1-3-25-19-6-4-5-16(20(19)24)15-21-17-7-9-18(10-8-17)23-13-11-22(2)12-14-23/h4-10,15,24H,3,11-14H2,1-2H3. The second-order valence-electron chi connectivity index (χ2n) is 6.19. The number of para-hydroxylation sites is 1. The van der Waals surface area contributed by atoms with Gasteiger partial charge >= 0.3 is 0 Å². The molecule has 1 N–H and O–H groups in total. The molecule has 2 aromatic carbocycles. The van der Waals surface area contributed by atoms with Crippen LogP contribution in [0.4, 0.5) is 11.4 Å². The molecule has 0 spiro atoms. The van der Waals surface area contributed by atoms with Gasteiger partial charge in [0.05, 0.1) is 12.3 Å². The van der Waals surface area contributed by atoms with Crippen molar-refractivity contribution in [3.63, 3.8) is 0 Å². The number of aliphatic imine (C=N–C) groups is 1. The first-order valence-corrected chi connectivity index (χ1v) is 8.70. The third-order valence-corrected chi connectivity index (χ3v) is 4.40. The Morgan fingerprint density at radius 3 is 2.48 bits per heavy atom. The molecule has 1 heterocycles. The van der Waals surface area contributed by atoms with Gasteiger partial charge in [0.1, 0.15) is 0 Å². The first kappa shape index (κ1) is 17.3. The van der Waals surface area contributed by atoms with Crippen molar-refractivity contribution in [1.29, 1.82) is 0 Å². The summed E-state index contributed by atoms with van der Waals surface area (Å²) in [6.07, 6.45) is 1.67. The zero-order valence-corrected chi connectivity index (χ0v) is 14.9. The number of nitrogens with zero attached hydrogens (tertiary/aromatic N) is 3. The number of anilines is 1. The first-order valence-electron chi connectivity index (χ1n) is 8.70. The minimum Gasteiger partial charge on any atom is -0.504 e. The fourth-order valence-electron chi connectivity index (χ4n) is 2.87. The molecule has 5 nitrogen and oxygen atoms in total. The van der Waals surface area contributed by atoms with E-state index in [0.717, 1.165) is 31.9 Å². The van der Waals surface area contributed by atoms with Crippen LogP contribution in [0.15, 0.2) is 47.5 Å². The first-order chi connectivity index (χ1) is 12.2. The van der Waals surface area contributed by atoms with E-state index < -0.39 is 0 Å². The van der Waals surface area contributed by atoms with Gasteiger partial charge in [0.2, 0.25) is 0 Å². The monoisotopic (exact) mass is 339 g/mol. The Labute approximate surface area is 149 Å². The number of phenols is 1. The van der Waals surface area contributed by atoms with Crippen LogP contribution in [-0.2, 0) is 0 Å². The van der Waals surface area contributed by atoms with E-state index in [1.165, 1.54) is 5.69 Å². The molecule has 132 valence electrons. The Balaban J connectivity index is 1.69. The zero-order valence-electron chi connectivity index (χ0n) is 14.9. The summed E-state index contributed by atoms with van der Waals surface area (Å²) in [5, 5.41) is 10.2. The molecule has 5 heteroatoms. The van der Waals surface area contributed by atoms with Crippen LogP contribution >= 0.6 is 0 Å². The lowest BCUT2D eigenvalue weighted by molar-refractivity contribution is 0.313. The van der Waals surface area contributed by atoms with E-state index in [1.807, 2.05) is 31.2 Å². The average Bonchev–Trinajstić information content (AvgIpc) is 2.64. The summed E-state index contributed by atoms with van der Waals surface area (Å²) in [4.78, 5) is 9.21. The number of hydrogen-bond donors (Lipinski definition) is 1. The molecule has 0 saturated carbocycles. The Hall–Kier alpha value is -2.53. The highest BCUT2D eigenvalue weighted by Crippen LogP contribution is 2.29. The molecule has 25 heavy (non-hydrogen) atoms. The van der Waals surface area contributed by atoms with Crippen molar-refractivity contribution >= 4 is 17.6 Å². The molecule has 2 aromatic rings. The minimum atomic E-state index is 0.127. The van der Waals surface area contributed by atoms with E-state index >= 15 is 0 Å². The highest BCUT2D eigenvalue weighted by Gasteiger charge is 2.13. The largest absolute Gasteiger partial charge is 0.504 e. The van der Waals surface area contributed by atoms with Gasteiger partial charge in [0.15, 0.2) is 11.5 Å². The Kier molecular flexibility index (Phi) is 5.56. The Morgan fingerprint density at radius 2 is 1.80 bits per heavy atom. The van der Waals surface area contributed by atoms with E-state index in [9.17, 15) is 5.11 Å². The van der Waals surface area contributed by atoms with Gasteiger partial charge < -0.3 is 19.6 Å². The second-order valence-corrected chi connectivity index (χ2v) is 6.19. The van der Waals surface area contributed by atoms with E-state index in [2.05, 4.69) is 34.0 Å². The van der Waals surface area contributed by atoms with Gasteiger partial charge in [-0.05, 0) is 50.4 Å². The lowest BCUT2D eigenvalue weighted by Gasteiger charge is -2.34. The van der Waals surface area contributed by atoms with E-state index in [0.29, 0.717) is 17.9 Å². The van der Waals surface area contributed by atoms with Crippen LogP contribution in [-0.4, -0.2) is 56.1 Å². The summed E-state index contributed by atoms with van der Waals surface area (Å²) in [6.45, 7) is 6.70. The summed E-state index contributed by atoms with van der Waals surface area (Å²) in [7, 11) is 2.16. The molecule has 0 amide bonds. The van der Waals surface area contributed by atoms with Crippen molar-refractivity contribution in [3.8, 4) is 11.5 Å². The number of hydrogen-bond acceptors (Lipinski definition) is 5. The maximum atomic E-state index is 10.2. The average molecular weight is 339 g/mol. The third-order valence-electron chi connectivity index (χ3n) is 4.40. The molecular formula is C20H25N3O2. The molecule has 1 aliphatic rings. The molecule has 3 rings (SSSR count). The fourth-order valence-corrected chi connectivity index (χ4v) is 2.87. The molecule has 0 radical (unpaired) electrons. The Morgan fingerprint density at radius 1 is 1.08 bits per heavy atom. The normalized spacial score (nSPS) is 15.7. The molecule has 0 bridgehead atoms. The molecule has 1 saturated heterocycles. The quantitative estimate of drug-likeness (QED) is 0.849. The minimum absolute atomic E-state index is 0.127. The van der Waals surface area contributed by atoms with Gasteiger partial charge in [-0.3, -0.25) is 4.99 Å². The smallest absolute Gasteiger partial charge is 0.166 e. The fraction of sp³-hybridized carbons (Fsp3) is 0.350. The summed E-state index contributed by atoms with van der Waals surface area (Å²) in [6, 6.07) is 13.6. The van der Waals surface area contributed by atoms with Crippen LogP contribution in [0.25, 0.3) is 0 Å². The number of ether oxygens (including phenoxy) is 1. The molecule has 0 aromatic heterocycles. The van der Waals surface area contributed by atoms with Gasteiger partial charge in [-0.15, -0.1) is 0 Å². The van der Waals surface area contributed by atoms with E-state index in [-0.39, 0.29) is 5.75 Å². The highest BCUT2D eigenvalue weighted by molar-refractivity contribution is 5.86. The van der Waals surface area contributed by atoms with Gasteiger partial charge in [-0.1, -0.05) is 6.07 Å². The van der Waals surface area contributed by atoms with Crippen molar-refractivity contribution in [2.45, 2.75) is 6.92 Å². The zero-order chi connectivity index (χ0) is 17.6. The lowest BCUT2D eigenvalue weighted by atomic mass is 10.2. The molecular weight excluding hydrogens is 314 g/mol. The van der Waals surface area contributed by atoms with Crippen molar-refractivity contribution < 1.29 is 9.84 Å². The van der Waals surface area contributed by atoms with Gasteiger partial charge in [0.25, 0.3) is 0 Å². The molecule has 0 atom stereocenters. The van der Waals surface area contributed by atoms with Crippen LogP contribution in [0.5, 0.6) is 11.5 Å². The van der Waals surface area contributed by atoms with Crippen molar-refractivity contribution in [2.24, 2.45) is 4.99 Å². The molecule has 0 unspecified atom stereocenters. The van der Waals surface area contributed by atoms with Crippen LogP contribution in [0, 0.1) is 0 Å². The third kappa shape index (κ3) is 4.31. The van der Waals surface area contributed by atoms with Crippen LogP contribution in [0.3, 0.4) is 0 Å². The number of aromatic hydroxyl groups is 1. The van der Waals surface area contributed by atoms with Crippen LogP contribution < -0.4 is 9.64 Å². The van der Waals surface area contributed by atoms with Crippen molar-refractivity contribution in [3.05, 3.63) is 48.0 Å². The van der Waals surface area contributed by atoms with Gasteiger partial charge in [-0.2, -0.15) is 0 Å². The summed E-state index contributed by atoms with van der Waals surface area (Å²) < 4.78 is 5.40. The SMILES string of the molecule is CCOc1cccc(C=Nc2ccc(N3CCN(C)CC3)cc2)c1O. The number of benzene rings is 2. The summed E-state index contributed by atoms with van der Waals surface area (Å²) >= 11 is 0. The molecule has 1 aliphatic heterocycles. The van der Waals surface area contributed by atoms with Crippen LogP contribution in [0.1, 0.15) is 12.5 Å². The number of piperazine rings is 1. The molecule has 1 fully saturated rings. The predicted molar refractivity (Wildman–Crippen MR) is 103 cm³/mol. The topological polar surface area (TPSA) is 48.3 Å². The van der Waals surface area contributed by atoms with Crippen LogP contribution in [0.2, 0.25) is 0 Å². The number of rotatable bonds is 5. The highest BCUT2D eigenvalue weighted by atomic mass is 16.5. The number of likely N-dealkylation sites (N-methyl/N-ethyl adjacent to an activating group) is 1. The lowest BCUT2D eigenvalue weighted by Crippen LogP contribution is -2.44. The van der Waals surface area contributed by atoms with Gasteiger partial charge in [0, 0.05) is 43.6 Å².